The van der Waals surface area contributed by atoms with Crippen LogP contribution in [0.15, 0.2) is 54.6 Å². The van der Waals surface area contributed by atoms with Gasteiger partial charge in [0.25, 0.3) is 0 Å². The molecule has 0 aromatic heterocycles. The number of halogens is 1. The van der Waals surface area contributed by atoms with Crippen LogP contribution < -0.4 is 5.73 Å². The van der Waals surface area contributed by atoms with Crippen molar-refractivity contribution in [3.8, 4) is 0 Å². The van der Waals surface area contributed by atoms with Crippen LogP contribution in [0.4, 0.5) is 4.39 Å². The molecule has 0 heterocycles. The van der Waals surface area contributed by atoms with Crippen molar-refractivity contribution in [1.29, 1.82) is 0 Å². The quantitative estimate of drug-likeness (QED) is 0.886. The van der Waals surface area contributed by atoms with E-state index in [2.05, 4.69) is 0 Å². The number of benzene rings is 2. The first-order valence-corrected chi connectivity index (χ1v) is 6.95. The summed E-state index contributed by atoms with van der Waals surface area (Å²) in [5.41, 5.74) is 7.46. The van der Waals surface area contributed by atoms with Gasteiger partial charge in [-0.1, -0.05) is 42.5 Å². The van der Waals surface area contributed by atoms with Crippen LogP contribution in [0.3, 0.4) is 0 Å². The lowest BCUT2D eigenvalue weighted by Crippen LogP contribution is -2.35. The third kappa shape index (κ3) is 4.68. The fourth-order valence-electron chi connectivity index (χ4n) is 2.14. The molecule has 0 unspecified atom stereocenters. The second-order valence-corrected chi connectivity index (χ2v) is 4.89. The van der Waals surface area contributed by atoms with Crippen LogP contribution >= 0.6 is 0 Å². The van der Waals surface area contributed by atoms with E-state index in [0.29, 0.717) is 19.6 Å². The van der Waals surface area contributed by atoms with Crippen molar-refractivity contribution in [2.75, 3.05) is 13.1 Å². The van der Waals surface area contributed by atoms with Crippen molar-refractivity contribution in [3.63, 3.8) is 0 Å². The van der Waals surface area contributed by atoms with E-state index in [1.54, 1.807) is 17.0 Å². The van der Waals surface area contributed by atoms with Crippen LogP contribution in [0, 0.1) is 5.82 Å². The van der Waals surface area contributed by atoms with E-state index < -0.39 is 0 Å². The molecular formula is C17H19FN2O. The molecule has 4 heteroatoms. The Morgan fingerprint density at radius 2 is 1.67 bits per heavy atom. The van der Waals surface area contributed by atoms with Crippen molar-refractivity contribution in [2.24, 2.45) is 5.73 Å². The first kappa shape index (κ1) is 15.2. The highest BCUT2D eigenvalue weighted by molar-refractivity contribution is 5.78. The lowest BCUT2D eigenvalue weighted by atomic mass is 10.1. The van der Waals surface area contributed by atoms with Crippen molar-refractivity contribution < 1.29 is 9.18 Å². The zero-order chi connectivity index (χ0) is 15.1. The smallest absolute Gasteiger partial charge is 0.227 e. The molecule has 2 rings (SSSR count). The largest absolute Gasteiger partial charge is 0.337 e. The first-order chi connectivity index (χ1) is 10.2. The second kappa shape index (κ2) is 7.55. The Labute approximate surface area is 124 Å². The predicted molar refractivity (Wildman–Crippen MR) is 81.0 cm³/mol. The highest BCUT2D eigenvalue weighted by Gasteiger charge is 2.13. The molecule has 0 radical (unpaired) electrons. The number of hydrogen-bond donors (Lipinski definition) is 1. The number of nitrogens with zero attached hydrogens (tertiary/aromatic N) is 1. The lowest BCUT2D eigenvalue weighted by molar-refractivity contribution is -0.131. The van der Waals surface area contributed by atoms with Gasteiger partial charge in [0.15, 0.2) is 0 Å². The molecule has 0 aliphatic carbocycles. The van der Waals surface area contributed by atoms with Crippen LogP contribution in [0.1, 0.15) is 11.1 Å². The van der Waals surface area contributed by atoms with E-state index in [9.17, 15) is 9.18 Å². The third-order valence-electron chi connectivity index (χ3n) is 3.24. The second-order valence-electron chi connectivity index (χ2n) is 4.89. The topological polar surface area (TPSA) is 46.3 Å². The summed E-state index contributed by atoms with van der Waals surface area (Å²) >= 11 is 0. The Morgan fingerprint density at radius 3 is 2.29 bits per heavy atom. The maximum absolute atomic E-state index is 12.9. The summed E-state index contributed by atoms with van der Waals surface area (Å²) in [5.74, 6) is -0.301. The Morgan fingerprint density at radius 1 is 1.00 bits per heavy atom. The molecular weight excluding hydrogens is 267 g/mol. The summed E-state index contributed by atoms with van der Waals surface area (Å²) in [4.78, 5) is 14.1. The first-order valence-electron chi connectivity index (χ1n) is 6.95. The van der Waals surface area contributed by atoms with Crippen molar-refractivity contribution in [3.05, 3.63) is 71.5 Å². The average molecular weight is 286 g/mol. The van der Waals surface area contributed by atoms with Crippen LogP contribution in [0.25, 0.3) is 0 Å². The van der Waals surface area contributed by atoms with E-state index in [1.165, 1.54) is 12.1 Å². The summed E-state index contributed by atoms with van der Waals surface area (Å²) in [5, 5.41) is 0. The molecule has 0 aliphatic heterocycles. The molecule has 0 saturated carbocycles. The number of nitrogens with two attached hydrogens (primary N) is 1. The van der Waals surface area contributed by atoms with Gasteiger partial charge in [-0.3, -0.25) is 4.79 Å². The number of carbonyl (C=O) groups is 1. The Balaban J connectivity index is 2.03. The number of amides is 1. The van der Waals surface area contributed by atoms with Crippen molar-refractivity contribution >= 4 is 5.91 Å². The SMILES string of the molecule is NCCN(Cc1ccccc1)C(=O)Cc1ccc(F)cc1. The third-order valence-corrected chi connectivity index (χ3v) is 3.24. The molecule has 0 spiro atoms. The molecule has 0 aliphatic rings. The maximum Gasteiger partial charge on any atom is 0.227 e. The van der Waals surface area contributed by atoms with Crippen LogP contribution in [-0.2, 0) is 17.8 Å². The van der Waals surface area contributed by atoms with Crippen LogP contribution in [0.2, 0.25) is 0 Å². The van der Waals surface area contributed by atoms with Gasteiger partial charge in [0.1, 0.15) is 5.82 Å². The molecule has 0 atom stereocenters. The molecule has 0 saturated heterocycles. The van der Waals surface area contributed by atoms with Crippen LogP contribution in [-0.4, -0.2) is 23.9 Å². The van der Waals surface area contributed by atoms with Gasteiger partial charge in [0, 0.05) is 19.6 Å². The van der Waals surface area contributed by atoms with E-state index >= 15 is 0 Å². The van der Waals surface area contributed by atoms with Gasteiger partial charge in [-0.05, 0) is 23.3 Å². The molecule has 2 aromatic carbocycles. The van der Waals surface area contributed by atoms with E-state index in [0.717, 1.165) is 11.1 Å². The van der Waals surface area contributed by atoms with Gasteiger partial charge in [-0.25, -0.2) is 4.39 Å². The lowest BCUT2D eigenvalue weighted by Gasteiger charge is -2.22. The van der Waals surface area contributed by atoms with Gasteiger partial charge < -0.3 is 10.6 Å². The number of hydrogen-bond acceptors (Lipinski definition) is 2. The molecule has 110 valence electrons. The highest BCUT2D eigenvalue weighted by atomic mass is 19.1. The van der Waals surface area contributed by atoms with Gasteiger partial charge >= 0.3 is 0 Å². The van der Waals surface area contributed by atoms with Crippen molar-refractivity contribution in [1.82, 2.24) is 4.90 Å². The zero-order valence-corrected chi connectivity index (χ0v) is 11.8. The maximum atomic E-state index is 12.9. The molecule has 0 bridgehead atoms. The summed E-state index contributed by atoms with van der Waals surface area (Å²) in [6.45, 7) is 1.47. The summed E-state index contributed by atoms with van der Waals surface area (Å²) in [6, 6.07) is 15.8. The highest BCUT2D eigenvalue weighted by Crippen LogP contribution is 2.09. The van der Waals surface area contributed by atoms with Gasteiger partial charge in [-0.15, -0.1) is 0 Å². The Hall–Kier alpha value is -2.20. The minimum atomic E-state index is -0.297. The average Bonchev–Trinajstić information content (AvgIpc) is 2.50. The fourth-order valence-corrected chi connectivity index (χ4v) is 2.14. The number of carbonyl (C=O) groups excluding carboxylic acids is 1. The summed E-state index contributed by atoms with van der Waals surface area (Å²) in [6.07, 6.45) is 0.257. The zero-order valence-electron chi connectivity index (χ0n) is 11.8. The molecule has 3 nitrogen and oxygen atoms in total. The number of rotatable bonds is 6. The van der Waals surface area contributed by atoms with Gasteiger partial charge in [-0.2, -0.15) is 0 Å². The normalized spacial score (nSPS) is 10.4. The predicted octanol–water partition coefficient (Wildman–Crippen LogP) is 2.36. The van der Waals surface area contributed by atoms with Crippen LogP contribution in [0.5, 0.6) is 0 Å². The standard InChI is InChI=1S/C17H19FN2O/c18-16-8-6-14(7-9-16)12-17(21)20(11-10-19)13-15-4-2-1-3-5-15/h1-9H,10-13,19H2. The van der Waals surface area contributed by atoms with E-state index in [4.69, 9.17) is 5.73 Å². The van der Waals surface area contributed by atoms with Gasteiger partial charge in [0.2, 0.25) is 5.91 Å². The van der Waals surface area contributed by atoms with Gasteiger partial charge in [0.05, 0.1) is 6.42 Å². The minimum Gasteiger partial charge on any atom is -0.337 e. The molecule has 2 N–H and O–H groups in total. The molecule has 1 amide bonds. The fraction of sp³-hybridized carbons (Fsp3) is 0.235. The van der Waals surface area contributed by atoms with E-state index in [1.807, 2.05) is 30.3 Å². The monoisotopic (exact) mass is 286 g/mol. The van der Waals surface area contributed by atoms with E-state index in [-0.39, 0.29) is 18.1 Å². The Kier molecular flexibility index (Phi) is 5.46. The minimum absolute atomic E-state index is 0.00379. The molecule has 0 fully saturated rings. The summed E-state index contributed by atoms with van der Waals surface area (Å²) < 4.78 is 12.9. The molecule has 21 heavy (non-hydrogen) atoms. The summed E-state index contributed by atoms with van der Waals surface area (Å²) in [7, 11) is 0. The molecule has 2 aromatic rings. The Bertz CT molecular complexity index is 569. The van der Waals surface area contributed by atoms with Crippen molar-refractivity contribution in [2.45, 2.75) is 13.0 Å².